The predicted molar refractivity (Wildman–Crippen MR) is 119 cm³/mol. The van der Waals surface area contributed by atoms with Crippen molar-refractivity contribution >= 4 is 17.7 Å². The van der Waals surface area contributed by atoms with Gasteiger partial charge in [-0.25, -0.2) is 0 Å². The summed E-state index contributed by atoms with van der Waals surface area (Å²) in [6.45, 7) is 1.94. The van der Waals surface area contributed by atoms with E-state index < -0.39 is 0 Å². The van der Waals surface area contributed by atoms with Crippen LogP contribution in [0.15, 0.2) is 72.8 Å². The van der Waals surface area contributed by atoms with Gasteiger partial charge in [-0.15, -0.1) is 0 Å². The van der Waals surface area contributed by atoms with Crippen molar-refractivity contribution in [3.63, 3.8) is 0 Å². The molecule has 0 aliphatic heterocycles. The molecule has 3 rings (SSSR count). The lowest BCUT2D eigenvalue weighted by Crippen LogP contribution is -2.07. The summed E-state index contributed by atoms with van der Waals surface area (Å²) < 4.78 is 16.4. The van der Waals surface area contributed by atoms with E-state index in [1.54, 1.807) is 48.5 Å². The molecule has 0 aliphatic carbocycles. The zero-order chi connectivity index (χ0) is 22.1. The molecule has 6 heteroatoms. The average Bonchev–Trinajstić information content (AvgIpc) is 2.78. The Hall–Kier alpha value is -4.24. The number of carbonyl (C=O) groups excluding carboxylic acids is 1. The minimum atomic E-state index is -0.267. The summed E-state index contributed by atoms with van der Waals surface area (Å²) in [4.78, 5) is 12.2. The van der Waals surface area contributed by atoms with Crippen molar-refractivity contribution < 1.29 is 19.0 Å². The summed E-state index contributed by atoms with van der Waals surface area (Å²) in [5, 5.41) is 11.4. The summed E-state index contributed by atoms with van der Waals surface area (Å²) in [5.74, 6) is 2.14. The van der Waals surface area contributed by atoms with Crippen molar-refractivity contribution in [2.24, 2.45) is 0 Å². The number of nitriles is 1. The van der Waals surface area contributed by atoms with Gasteiger partial charge in [-0.05, 0) is 72.7 Å². The van der Waals surface area contributed by atoms with Crippen LogP contribution in [0.3, 0.4) is 0 Å². The smallest absolute Gasteiger partial charge is 0.248 e. The molecule has 0 saturated carbocycles. The maximum absolute atomic E-state index is 12.2. The number of hydrogen-bond donors (Lipinski definition) is 1. The quantitative estimate of drug-likeness (QED) is 0.503. The molecule has 0 radical (unpaired) electrons. The Labute approximate surface area is 181 Å². The van der Waals surface area contributed by atoms with E-state index in [-0.39, 0.29) is 12.5 Å². The zero-order valence-corrected chi connectivity index (χ0v) is 17.3. The second-order valence-corrected chi connectivity index (χ2v) is 6.62. The summed E-state index contributed by atoms with van der Waals surface area (Å²) in [6, 6.07) is 22.1. The van der Waals surface area contributed by atoms with E-state index in [0.717, 1.165) is 16.9 Å². The third kappa shape index (κ3) is 6.38. The molecule has 156 valence electrons. The van der Waals surface area contributed by atoms with Gasteiger partial charge in [-0.3, -0.25) is 4.79 Å². The van der Waals surface area contributed by atoms with E-state index in [1.807, 2.05) is 37.3 Å². The first-order valence-electron chi connectivity index (χ1n) is 9.59. The van der Waals surface area contributed by atoms with Crippen molar-refractivity contribution in [3.8, 4) is 29.1 Å². The number of amides is 1. The first-order chi connectivity index (χ1) is 15.1. The minimum Gasteiger partial charge on any atom is -0.493 e. The summed E-state index contributed by atoms with van der Waals surface area (Å²) in [5.41, 5.74) is 2.54. The lowest BCUT2D eigenvalue weighted by Gasteiger charge is -2.09. The fourth-order valence-electron chi connectivity index (χ4n) is 2.79. The largest absolute Gasteiger partial charge is 0.493 e. The highest BCUT2D eigenvalue weighted by Gasteiger charge is 2.05. The van der Waals surface area contributed by atoms with Crippen LogP contribution in [0.4, 0.5) is 5.69 Å². The standard InChI is InChI=1S/C25H22N2O4/c1-18-4-3-5-22(16-18)31-21-10-8-20(9-11-21)27-25(28)13-7-19-6-12-23(30-15-14-26)24(17-19)29-2/h3-13,16-17H,15H2,1-2H3,(H,27,28)/b13-7+. The topological polar surface area (TPSA) is 80.6 Å². The SMILES string of the molecule is COc1cc(/C=C/C(=O)Nc2ccc(Oc3cccc(C)c3)cc2)ccc1OCC#N. The van der Waals surface area contributed by atoms with Crippen LogP contribution < -0.4 is 19.5 Å². The van der Waals surface area contributed by atoms with Gasteiger partial charge >= 0.3 is 0 Å². The lowest BCUT2D eigenvalue weighted by atomic mass is 10.2. The number of benzene rings is 3. The maximum atomic E-state index is 12.2. The summed E-state index contributed by atoms with van der Waals surface area (Å²) in [6.07, 6.45) is 3.10. The van der Waals surface area contributed by atoms with E-state index in [0.29, 0.717) is 22.9 Å². The van der Waals surface area contributed by atoms with Crippen LogP contribution in [0.5, 0.6) is 23.0 Å². The van der Waals surface area contributed by atoms with E-state index >= 15 is 0 Å². The van der Waals surface area contributed by atoms with E-state index in [9.17, 15) is 4.79 Å². The van der Waals surface area contributed by atoms with Crippen LogP contribution in [0.25, 0.3) is 6.08 Å². The van der Waals surface area contributed by atoms with Crippen LogP contribution in [-0.2, 0) is 4.79 Å². The number of nitrogens with zero attached hydrogens (tertiary/aromatic N) is 1. The Morgan fingerprint density at radius 3 is 2.55 bits per heavy atom. The van der Waals surface area contributed by atoms with Crippen molar-refractivity contribution in [2.45, 2.75) is 6.92 Å². The first-order valence-corrected chi connectivity index (χ1v) is 9.59. The first kappa shape index (κ1) is 21.5. The second-order valence-electron chi connectivity index (χ2n) is 6.62. The Kier molecular flexibility index (Phi) is 7.28. The highest BCUT2D eigenvalue weighted by Crippen LogP contribution is 2.28. The minimum absolute atomic E-state index is 0.0667. The Bertz CT molecular complexity index is 1120. The molecule has 0 aromatic heterocycles. The Morgan fingerprint density at radius 1 is 1.03 bits per heavy atom. The van der Waals surface area contributed by atoms with Crippen molar-refractivity contribution in [3.05, 3.63) is 83.9 Å². The van der Waals surface area contributed by atoms with Crippen LogP contribution in [0.2, 0.25) is 0 Å². The third-order valence-corrected chi connectivity index (χ3v) is 4.25. The molecule has 31 heavy (non-hydrogen) atoms. The number of carbonyl (C=O) groups is 1. The molecular weight excluding hydrogens is 392 g/mol. The number of anilines is 1. The van der Waals surface area contributed by atoms with E-state index in [1.165, 1.54) is 13.2 Å². The van der Waals surface area contributed by atoms with Gasteiger partial charge in [0, 0.05) is 11.8 Å². The van der Waals surface area contributed by atoms with Crippen LogP contribution in [-0.4, -0.2) is 19.6 Å². The summed E-state index contributed by atoms with van der Waals surface area (Å²) >= 11 is 0. The number of aryl methyl sites for hydroxylation is 1. The molecule has 1 amide bonds. The third-order valence-electron chi connectivity index (χ3n) is 4.25. The van der Waals surface area contributed by atoms with Gasteiger partial charge in [0.2, 0.25) is 5.91 Å². The molecule has 0 fully saturated rings. The van der Waals surface area contributed by atoms with Gasteiger partial charge in [-0.2, -0.15) is 5.26 Å². The average molecular weight is 414 g/mol. The number of ether oxygens (including phenoxy) is 3. The highest BCUT2D eigenvalue weighted by molar-refractivity contribution is 6.02. The number of rotatable bonds is 8. The molecule has 3 aromatic rings. The Morgan fingerprint density at radius 2 is 1.84 bits per heavy atom. The van der Waals surface area contributed by atoms with E-state index in [4.69, 9.17) is 19.5 Å². The predicted octanol–water partition coefficient (Wildman–Crippen LogP) is 5.35. The molecule has 1 N–H and O–H groups in total. The molecule has 0 unspecified atom stereocenters. The van der Waals surface area contributed by atoms with Gasteiger partial charge in [0.05, 0.1) is 7.11 Å². The van der Waals surface area contributed by atoms with Crippen molar-refractivity contribution in [1.82, 2.24) is 0 Å². The number of nitrogens with one attached hydrogen (secondary N) is 1. The molecular formula is C25H22N2O4. The van der Waals surface area contributed by atoms with Crippen molar-refractivity contribution in [1.29, 1.82) is 5.26 Å². The monoisotopic (exact) mass is 414 g/mol. The number of hydrogen-bond acceptors (Lipinski definition) is 5. The van der Waals surface area contributed by atoms with Crippen LogP contribution in [0, 0.1) is 18.3 Å². The molecule has 0 spiro atoms. The van der Waals surface area contributed by atoms with Crippen molar-refractivity contribution in [2.75, 3.05) is 19.0 Å². The van der Waals surface area contributed by atoms with Crippen LogP contribution >= 0.6 is 0 Å². The molecule has 0 atom stereocenters. The maximum Gasteiger partial charge on any atom is 0.248 e. The van der Waals surface area contributed by atoms with Gasteiger partial charge in [0.25, 0.3) is 0 Å². The normalized spacial score (nSPS) is 10.4. The molecule has 0 bridgehead atoms. The lowest BCUT2D eigenvalue weighted by molar-refractivity contribution is -0.111. The fourth-order valence-corrected chi connectivity index (χ4v) is 2.79. The van der Waals surface area contributed by atoms with Gasteiger partial charge < -0.3 is 19.5 Å². The molecule has 6 nitrogen and oxygen atoms in total. The van der Waals surface area contributed by atoms with Gasteiger partial charge in [0.1, 0.15) is 17.6 Å². The summed E-state index contributed by atoms with van der Waals surface area (Å²) in [7, 11) is 1.51. The molecule has 3 aromatic carbocycles. The number of methoxy groups -OCH3 is 1. The second kappa shape index (κ2) is 10.5. The Balaban J connectivity index is 1.59. The van der Waals surface area contributed by atoms with E-state index in [2.05, 4.69) is 5.32 Å². The molecule has 0 aliphatic rings. The molecule has 0 saturated heterocycles. The molecule has 0 heterocycles. The van der Waals surface area contributed by atoms with Gasteiger partial charge in [-0.1, -0.05) is 18.2 Å². The van der Waals surface area contributed by atoms with Crippen LogP contribution in [0.1, 0.15) is 11.1 Å². The fraction of sp³-hybridized carbons (Fsp3) is 0.120. The zero-order valence-electron chi connectivity index (χ0n) is 17.3. The van der Waals surface area contributed by atoms with Gasteiger partial charge in [0.15, 0.2) is 18.1 Å². The highest BCUT2D eigenvalue weighted by atomic mass is 16.5.